The molecule has 1 N–H and O–H groups in total. The van der Waals surface area contributed by atoms with E-state index in [4.69, 9.17) is 0 Å². The number of aromatic nitrogens is 3. The molecule has 3 aromatic carbocycles. The van der Waals surface area contributed by atoms with Gasteiger partial charge in [-0.1, -0.05) is 49.9 Å². The van der Waals surface area contributed by atoms with Gasteiger partial charge in [0.2, 0.25) is 5.91 Å². The molecule has 0 atom stereocenters. The van der Waals surface area contributed by atoms with Crippen LogP contribution in [0, 0.1) is 5.82 Å². The molecule has 1 aromatic heterocycles. The van der Waals surface area contributed by atoms with Gasteiger partial charge in [0.05, 0.1) is 17.1 Å². The fraction of sp³-hybridized carbons (Fsp3) is 0.258. The molecular weight excluding hydrogens is 612 g/mol. The summed E-state index contributed by atoms with van der Waals surface area (Å²) in [7, 11) is 0. The first kappa shape index (κ1) is 31.7. The van der Waals surface area contributed by atoms with Crippen molar-refractivity contribution in [2.45, 2.75) is 39.0 Å². The average Bonchev–Trinajstić information content (AvgIpc) is 3.62. The molecule has 4 aromatic rings. The standard InChI is InChI=1S/C31H28F4N6O3S/c1-19(2)25-16-22(32)9-14-26(25)41-27(42)17-45-30(41)38-29(43)36-15-3-4-20-5-7-21(8-6-20)28-37-18-40(39-28)23-10-12-24(13-11-23)44-31(33,34)35/h5-14,16,18-19H,3-4,15,17H2,1-2H3,(H,36,43). The molecule has 14 heteroatoms. The van der Waals surface area contributed by atoms with Gasteiger partial charge in [0.1, 0.15) is 17.9 Å². The van der Waals surface area contributed by atoms with E-state index in [1.807, 2.05) is 38.1 Å². The Balaban J connectivity index is 1.13. The van der Waals surface area contributed by atoms with Gasteiger partial charge in [-0.15, -0.1) is 18.3 Å². The number of carbonyl (C=O) groups is 2. The molecule has 5 rings (SSSR count). The second kappa shape index (κ2) is 13.5. The van der Waals surface area contributed by atoms with Gasteiger partial charge in [0.15, 0.2) is 11.0 Å². The molecule has 0 radical (unpaired) electrons. The van der Waals surface area contributed by atoms with Crippen molar-refractivity contribution in [3.05, 3.63) is 90.0 Å². The molecule has 2 heterocycles. The zero-order valence-electron chi connectivity index (χ0n) is 24.2. The molecule has 0 saturated carbocycles. The maximum Gasteiger partial charge on any atom is 0.573 e. The van der Waals surface area contributed by atoms with Crippen molar-refractivity contribution in [1.82, 2.24) is 20.1 Å². The Morgan fingerprint density at radius 1 is 1.09 bits per heavy atom. The second-order valence-corrected chi connectivity index (χ2v) is 11.3. The van der Waals surface area contributed by atoms with E-state index in [-0.39, 0.29) is 28.5 Å². The number of benzene rings is 3. The van der Waals surface area contributed by atoms with Crippen LogP contribution in [0.3, 0.4) is 0 Å². The number of halogens is 4. The molecule has 0 unspecified atom stereocenters. The Bertz CT molecular complexity index is 1710. The number of rotatable bonds is 9. The zero-order valence-corrected chi connectivity index (χ0v) is 25.0. The van der Waals surface area contributed by atoms with E-state index in [9.17, 15) is 27.2 Å². The van der Waals surface area contributed by atoms with Crippen molar-refractivity contribution < 1.29 is 31.9 Å². The van der Waals surface area contributed by atoms with Crippen molar-refractivity contribution in [2.75, 3.05) is 17.2 Å². The molecule has 45 heavy (non-hydrogen) atoms. The molecular formula is C31H28F4N6O3S. The lowest BCUT2D eigenvalue weighted by Crippen LogP contribution is -2.32. The van der Waals surface area contributed by atoms with Crippen LogP contribution in [0.1, 0.15) is 37.3 Å². The Hall–Kier alpha value is -4.72. The zero-order chi connectivity index (χ0) is 32.1. The largest absolute Gasteiger partial charge is 0.573 e. The van der Waals surface area contributed by atoms with Crippen molar-refractivity contribution in [3.8, 4) is 22.8 Å². The van der Waals surface area contributed by atoms with Gasteiger partial charge < -0.3 is 10.1 Å². The maximum absolute atomic E-state index is 13.9. The predicted octanol–water partition coefficient (Wildman–Crippen LogP) is 6.87. The molecule has 0 spiro atoms. The highest BCUT2D eigenvalue weighted by molar-refractivity contribution is 8.15. The number of amidine groups is 1. The Morgan fingerprint density at radius 3 is 2.51 bits per heavy atom. The SMILES string of the molecule is CC(C)c1cc(F)ccc1N1C(=O)CSC1=NC(=O)NCCCc1ccc(-c2ncn(-c3ccc(OC(F)(F)F)cc3)n2)cc1. The Kier molecular flexibility index (Phi) is 9.51. The summed E-state index contributed by atoms with van der Waals surface area (Å²) >= 11 is 1.16. The fourth-order valence-corrected chi connectivity index (χ4v) is 5.49. The van der Waals surface area contributed by atoms with Gasteiger partial charge in [-0.2, -0.15) is 4.99 Å². The number of urea groups is 1. The van der Waals surface area contributed by atoms with E-state index in [1.54, 1.807) is 0 Å². The van der Waals surface area contributed by atoms with E-state index < -0.39 is 18.2 Å². The van der Waals surface area contributed by atoms with E-state index in [2.05, 4.69) is 25.1 Å². The first-order chi connectivity index (χ1) is 21.5. The number of nitrogens with one attached hydrogen (secondary N) is 1. The van der Waals surface area contributed by atoms with E-state index >= 15 is 0 Å². The van der Waals surface area contributed by atoms with Gasteiger partial charge in [-0.3, -0.25) is 9.69 Å². The van der Waals surface area contributed by atoms with Crippen LogP contribution in [0.4, 0.5) is 28.0 Å². The Morgan fingerprint density at radius 2 is 1.82 bits per heavy atom. The molecule has 1 aliphatic heterocycles. The summed E-state index contributed by atoms with van der Waals surface area (Å²) < 4.78 is 56.4. The predicted molar refractivity (Wildman–Crippen MR) is 163 cm³/mol. The first-order valence-corrected chi connectivity index (χ1v) is 14.9. The number of aryl methyl sites for hydroxylation is 1. The van der Waals surface area contributed by atoms with Gasteiger partial charge in [-0.05, 0) is 72.4 Å². The van der Waals surface area contributed by atoms with Crippen molar-refractivity contribution in [1.29, 1.82) is 0 Å². The van der Waals surface area contributed by atoms with E-state index in [0.29, 0.717) is 42.1 Å². The molecule has 3 amide bonds. The molecule has 0 bridgehead atoms. The number of ether oxygens (including phenoxy) is 1. The van der Waals surface area contributed by atoms with Gasteiger partial charge in [0, 0.05) is 12.1 Å². The van der Waals surface area contributed by atoms with Crippen LogP contribution in [0.25, 0.3) is 17.1 Å². The van der Waals surface area contributed by atoms with Crippen LogP contribution in [0.5, 0.6) is 5.75 Å². The van der Waals surface area contributed by atoms with Gasteiger partial charge in [-0.25, -0.2) is 18.9 Å². The van der Waals surface area contributed by atoms with Gasteiger partial charge in [0.25, 0.3) is 0 Å². The molecule has 0 aliphatic carbocycles. The minimum atomic E-state index is -4.76. The molecule has 1 aliphatic rings. The molecule has 1 fully saturated rings. The summed E-state index contributed by atoms with van der Waals surface area (Å²) in [6.07, 6.45) is -1.97. The van der Waals surface area contributed by atoms with Crippen molar-refractivity contribution in [2.24, 2.45) is 4.99 Å². The number of hydrogen-bond acceptors (Lipinski definition) is 6. The second-order valence-electron chi connectivity index (χ2n) is 10.4. The van der Waals surface area contributed by atoms with Crippen molar-refractivity contribution >= 4 is 34.6 Å². The molecule has 1 saturated heterocycles. The highest BCUT2D eigenvalue weighted by Crippen LogP contribution is 2.34. The normalized spacial score (nSPS) is 14.4. The number of amides is 3. The third kappa shape index (κ3) is 8.06. The number of carbonyl (C=O) groups excluding carboxylic acids is 2. The molecule has 234 valence electrons. The minimum Gasteiger partial charge on any atom is -0.406 e. The van der Waals surface area contributed by atoms with E-state index in [0.717, 1.165) is 22.9 Å². The summed E-state index contributed by atoms with van der Waals surface area (Å²) in [4.78, 5) is 35.0. The van der Waals surface area contributed by atoms with Crippen LogP contribution in [0.2, 0.25) is 0 Å². The average molecular weight is 641 g/mol. The smallest absolute Gasteiger partial charge is 0.406 e. The third-order valence-electron chi connectivity index (χ3n) is 6.77. The lowest BCUT2D eigenvalue weighted by atomic mass is 10.0. The number of aliphatic imine (C=N–C) groups is 1. The number of nitrogens with zero attached hydrogens (tertiary/aromatic N) is 5. The number of hydrogen-bond donors (Lipinski definition) is 1. The topological polar surface area (TPSA) is 102 Å². The lowest BCUT2D eigenvalue weighted by molar-refractivity contribution is -0.274. The quantitative estimate of drug-likeness (QED) is 0.158. The van der Waals surface area contributed by atoms with Crippen LogP contribution in [-0.4, -0.2) is 50.5 Å². The van der Waals surface area contributed by atoms with Crippen LogP contribution in [-0.2, 0) is 11.2 Å². The summed E-state index contributed by atoms with van der Waals surface area (Å²) in [5, 5.41) is 7.42. The summed E-state index contributed by atoms with van der Waals surface area (Å²) in [5.41, 5.74) is 3.48. The lowest BCUT2D eigenvalue weighted by Gasteiger charge is -2.21. The minimum absolute atomic E-state index is 0.0389. The number of anilines is 1. The van der Waals surface area contributed by atoms with Crippen LogP contribution < -0.4 is 15.0 Å². The summed E-state index contributed by atoms with van der Waals surface area (Å²) in [5.74, 6) is -0.399. The molecule has 9 nitrogen and oxygen atoms in total. The van der Waals surface area contributed by atoms with E-state index in [1.165, 1.54) is 58.4 Å². The summed E-state index contributed by atoms with van der Waals surface area (Å²) in [6.45, 7) is 4.17. The summed E-state index contributed by atoms with van der Waals surface area (Å²) in [6, 6.07) is 16.5. The monoisotopic (exact) mass is 640 g/mol. The third-order valence-corrected chi connectivity index (χ3v) is 7.70. The highest BCUT2D eigenvalue weighted by atomic mass is 32.2. The number of thioether (sulfide) groups is 1. The van der Waals surface area contributed by atoms with Crippen molar-refractivity contribution in [3.63, 3.8) is 0 Å². The Labute approximate surface area is 260 Å². The number of alkyl halides is 3. The van der Waals surface area contributed by atoms with Gasteiger partial charge >= 0.3 is 12.4 Å². The maximum atomic E-state index is 13.9. The fourth-order valence-electron chi connectivity index (χ4n) is 4.63. The van der Waals surface area contributed by atoms with Crippen LogP contribution in [0.15, 0.2) is 78.0 Å². The first-order valence-electron chi connectivity index (χ1n) is 14.0. The van der Waals surface area contributed by atoms with Crippen LogP contribution >= 0.6 is 11.8 Å². The highest BCUT2D eigenvalue weighted by Gasteiger charge is 2.33.